The van der Waals surface area contributed by atoms with E-state index in [0.717, 1.165) is 35.5 Å². The molecular formula is C14H24. The SMILES string of the molecule is CCC1CC2CC1C1CCC(C)CC21. The molecule has 2 bridgehead atoms. The van der Waals surface area contributed by atoms with Gasteiger partial charge in [-0.25, -0.2) is 0 Å². The molecule has 0 heterocycles. The van der Waals surface area contributed by atoms with E-state index < -0.39 is 0 Å². The van der Waals surface area contributed by atoms with Gasteiger partial charge in [-0.2, -0.15) is 0 Å². The minimum absolute atomic E-state index is 1.04. The van der Waals surface area contributed by atoms with Gasteiger partial charge in [0, 0.05) is 0 Å². The largest absolute Gasteiger partial charge is 0.0651 e. The molecule has 3 saturated carbocycles. The number of fused-ring (bicyclic) bond motifs is 5. The summed E-state index contributed by atoms with van der Waals surface area (Å²) in [5.41, 5.74) is 0. The summed E-state index contributed by atoms with van der Waals surface area (Å²) < 4.78 is 0. The first-order valence-electron chi connectivity index (χ1n) is 6.79. The van der Waals surface area contributed by atoms with Crippen LogP contribution in [0, 0.1) is 35.5 Å². The Morgan fingerprint density at radius 3 is 2.57 bits per heavy atom. The highest BCUT2D eigenvalue weighted by Crippen LogP contribution is 2.61. The van der Waals surface area contributed by atoms with Crippen LogP contribution in [0.4, 0.5) is 0 Å². The van der Waals surface area contributed by atoms with Gasteiger partial charge in [0.05, 0.1) is 0 Å². The summed E-state index contributed by atoms with van der Waals surface area (Å²) in [5.74, 6) is 6.78. The minimum atomic E-state index is 1.04. The van der Waals surface area contributed by atoms with Crippen molar-refractivity contribution < 1.29 is 0 Å². The molecule has 6 atom stereocenters. The van der Waals surface area contributed by atoms with E-state index in [1.54, 1.807) is 25.7 Å². The Morgan fingerprint density at radius 2 is 1.79 bits per heavy atom. The fourth-order valence-corrected chi connectivity index (χ4v) is 5.07. The lowest BCUT2D eigenvalue weighted by Crippen LogP contribution is -2.32. The van der Waals surface area contributed by atoms with Crippen LogP contribution in [0.3, 0.4) is 0 Å². The Hall–Kier alpha value is 0. The summed E-state index contributed by atoms with van der Waals surface area (Å²) in [6, 6.07) is 0. The van der Waals surface area contributed by atoms with E-state index in [-0.39, 0.29) is 0 Å². The van der Waals surface area contributed by atoms with E-state index in [4.69, 9.17) is 0 Å². The topological polar surface area (TPSA) is 0 Å². The third-order valence-electron chi connectivity index (χ3n) is 5.68. The van der Waals surface area contributed by atoms with Gasteiger partial charge in [0.15, 0.2) is 0 Å². The summed E-state index contributed by atoms with van der Waals surface area (Å²) in [4.78, 5) is 0. The Kier molecular flexibility index (Phi) is 2.15. The van der Waals surface area contributed by atoms with Crippen molar-refractivity contribution in [2.75, 3.05) is 0 Å². The molecule has 3 aliphatic carbocycles. The van der Waals surface area contributed by atoms with Gasteiger partial charge in [-0.05, 0) is 61.2 Å². The minimum Gasteiger partial charge on any atom is -0.0651 e. The molecule has 3 aliphatic rings. The molecule has 0 heteroatoms. The zero-order valence-corrected chi connectivity index (χ0v) is 9.71. The molecule has 6 unspecified atom stereocenters. The van der Waals surface area contributed by atoms with Gasteiger partial charge in [0.25, 0.3) is 0 Å². The number of hydrogen-bond donors (Lipinski definition) is 0. The maximum absolute atomic E-state index is 2.47. The molecule has 0 spiro atoms. The van der Waals surface area contributed by atoms with E-state index in [1.165, 1.54) is 12.8 Å². The first-order valence-corrected chi connectivity index (χ1v) is 6.79. The van der Waals surface area contributed by atoms with E-state index in [0.29, 0.717) is 0 Å². The molecule has 0 radical (unpaired) electrons. The Bertz CT molecular complexity index is 218. The summed E-state index contributed by atoms with van der Waals surface area (Å²) in [6.07, 6.45) is 9.34. The average Bonchev–Trinajstić information content (AvgIpc) is 2.74. The number of hydrogen-bond acceptors (Lipinski definition) is 0. The Balaban J connectivity index is 1.77. The second-order valence-electron chi connectivity index (χ2n) is 6.31. The van der Waals surface area contributed by atoms with Crippen LogP contribution in [0.1, 0.15) is 52.4 Å². The van der Waals surface area contributed by atoms with Crippen LogP contribution in [0.15, 0.2) is 0 Å². The normalized spacial score (nSPS) is 56.1. The van der Waals surface area contributed by atoms with Crippen LogP contribution in [0.25, 0.3) is 0 Å². The highest BCUT2D eigenvalue weighted by Gasteiger charge is 2.52. The van der Waals surface area contributed by atoms with Crippen LogP contribution in [-0.4, -0.2) is 0 Å². The van der Waals surface area contributed by atoms with Gasteiger partial charge >= 0.3 is 0 Å². The monoisotopic (exact) mass is 192 g/mol. The second-order valence-corrected chi connectivity index (χ2v) is 6.31. The van der Waals surface area contributed by atoms with Gasteiger partial charge in [-0.1, -0.05) is 26.7 Å². The van der Waals surface area contributed by atoms with Gasteiger partial charge in [0.1, 0.15) is 0 Å². The van der Waals surface area contributed by atoms with Crippen LogP contribution in [0.2, 0.25) is 0 Å². The molecule has 0 aromatic heterocycles. The molecule has 0 amide bonds. The van der Waals surface area contributed by atoms with E-state index in [2.05, 4.69) is 13.8 Å². The summed E-state index contributed by atoms with van der Waals surface area (Å²) in [5, 5.41) is 0. The van der Waals surface area contributed by atoms with Crippen molar-refractivity contribution in [3.05, 3.63) is 0 Å². The lowest BCUT2D eigenvalue weighted by molar-refractivity contribution is 0.0896. The van der Waals surface area contributed by atoms with Crippen LogP contribution in [0.5, 0.6) is 0 Å². The first kappa shape index (κ1) is 9.24. The van der Waals surface area contributed by atoms with Crippen molar-refractivity contribution in [1.82, 2.24) is 0 Å². The standard InChI is InChI=1S/C14H24/c1-3-10-7-11-8-14(10)12-5-4-9(2)6-13(11)12/h9-14H,3-8H2,1-2H3. The predicted molar refractivity (Wildman–Crippen MR) is 60.0 cm³/mol. The van der Waals surface area contributed by atoms with Gasteiger partial charge in [-0.15, -0.1) is 0 Å². The molecule has 3 fully saturated rings. The molecule has 0 saturated heterocycles. The molecule has 80 valence electrons. The van der Waals surface area contributed by atoms with Crippen molar-refractivity contribution in [2.45, 2.75) is 52.4 Å². The highest BCUT2D eigenvalue weighted by molar-refractivity contribution is 5.01. The maximum atomic E-state index is 2.47. The molecule has 0 aliphatic heterocycles. The van der Waals surface area contributed by atoms with Gasteiger partial charge < -0.3 is 0 Å². The smallest absolute Gasteiger partial charge is 0.0352 e. The molecule has 0 aromatic rings. The van der Waals surface area contributed by atoms with Crippen LogP contribution < -0.4 is 0 Å². The Labute approximate surface area is 88.5 Å². The van der Waals surface area contributed by atoms with Crippen molar-refractivity contribution in [3.63, 3.8) is 0 Å². The quantitative estimate of drug-likeness (QED) is 0.586. The summed E-state index contributed by atoms with van der Waals surface area (Å²) in [7, 11) is 0. The van der Waals surface area contributed by atoms with E-state index in [9.17, 15) is 0 Å². The Morgan fingerprint density at radius 1 is 0.929 bits per heavy atom. The average molecular weight is 192 g/mol. The van der Waals surface area contributed by atoms with E-state index >= 15 is 0 Å². The zero-order valence-electron chi connectivity index (χ0n) is 9.71. The lowest BCUT2D eigenvalue weighted by Gasteiger charge is -2.41. The van der Waals surface area contributed by atoms with E-state index in [1.807, 2.05) is 0 Å². The van der Waals surface area contributed by atoms with Crippen molar-refractivity contribution in [1.29, 1.82) is 0 Å². The van der Waals surface area contributed by atoms with Crippen LogP contribution in [-0.2, 0) is 0 Å². The third-order valence-corrected chi connectivity index (χ3v) is 5.68. The zero-order chi connectivity index (χ0) is 9.71. The summed E-state index contributed by atoms with van der Waals surface area (Å²) >= 11 is 0. The fraction of sp³-hybridized carbons (Fsp3) is 1.00. The third kappa shape index (κ3) is 1.19. The van der Waals surface area contributed by atoms with Crippen LogP contribution >= 0.6 is 0 Å². The lowest BCUT2D eigenvalue weighted by atomic mass is 9.65. The molecule has 0 aromatic carbocycles. The maximum Gasteiger partial charge on any atom is -0.0352 e. The molecule has 0 N–H and O–H groups in total. The summed E-state index contributed by atoms with van der Waals surface area (Å²) in [6.45, 7) is 4.88. The second kappa shape index (κ2) is 3.25. The highest BCUT2D eigenvalue weighted by atomic mass is 14.6. The van der Waals surface area contributed by atoms with Crippen molar-refractivity contribution >= 4 is 0 Å². The fourth-order valence-electron chi connectivity index (χ4n) is 5.07. The predicted octanol–water partition coefficient (Wildman–Crippen LogP) is 4.10. The molecule has 0 nitrogen and oxygen atoms in total. The van der Waals surface area contributed by atoms with Gasteiger partial charge in [-0.3, -0.25) is 0 Å². The van der Waals surface area contributed by atoms with Crippen molar-refractivity contribution in [3.8, 4) is 0 Å². The molecular weight excluding hydrogens is 168 g/mol. The molecule has 14 heavy (non-hydrogen) atoms. The van der Waals surface area contributed by atoms with Gasteiger partial charge in [0.2, 0.25) is 0 Å². The molecule has 3 rings (SSSR count). The number of rotatable bonds is 1. The first-order chi connectivity index (χ1) is 6.79. The van der Waals surface area contributed by atoms with Crippen molar-refractivity contribution in [2.24, 2.45) is 35.5 Å².